The van der Waals surface area contributed by atoms with Crippen LogP contribution in [0.4, 0.5) is 4.39 Å². The van der Waals surface area contributed by atoms with E-state index < -0.39 is 5.60 Å². The van der Waals surface area contributed by atoms with Gasteiger partial charge in [-0.15, -0.1) is 0 Å². The van der Waals surface area contributed by atoms with Gasteiger partial charge in [-0.05, 0) is 55.5 Å². The van der Waals surface area contributed by atoms with E-state index in [0.29, 0.717) is 0 Å². The van der Waals surface area contributed by atoms with Crippen LogP contribution in [0.3, 0.4) is 0 Å². The van der Waals surface area contributed by atoms with Gasteiger partial charge in [-0.25, -0.2) is 4.39 Å². The highest BCUT2D eigenvalue weighted by Gasteiger charge is 2.43. The molecule has 1 nitrogen and oxygen atoms in total. The molecule has 1 aromatic rings. The summed E-state index contributed by atoms with van der Waals surface area (Å²) in [5.74, 6) is -0.251. The molecule has 0 atom stereocenters. The second-order valence-corrected chi connectivity index (χ2v) is 3.93. The molecule has 0 bridgehead atoms. The van der Waals surface area contributed by atoms with Crippen LogP contribution in [0.1, 0.15) is 29.5 Å². The molecule has 1 N–H and O–H groups in total. The highest BCUT2D eigenvalue weighted by molar-refractivity contribution is 5.40. The van der Waals surface area contributed by atoms with Crippen LogP contribution >= 0.6 is 0 Å². The maximum atomic E-state index is 13.1. The zero-order chi connectivity index (χ0) is 9.64. The fourth-order valence-electron chi connectivity index (χ4n) is 1.69. The van der Waals surface area contributed by atoms with Crippen molar-refractivity contribution in [2.45, 2.75) is 32.3 Å². The Morgan fingerprint density at radius 1 is 1.31 bits per heavy atom. The van der Waals surface area contributed by atoms with Crippen molar-refractivity contribution in [1.82, 2.24) is 0 Å². The summed E-state index contributed by atoms with van der Waals surface area (Å²) in [4.78, 5) is 0. The lowest BCUT2D eigenvalue weighted by atomic mass is 9.97. The molecule has 0 saturated heterocycles. The van der Waals surface area contributed by atoms with Gasteiger partial charge in [0.05, 0.1) is 5.60 Å². The van der Waals surface area contributed by atoms with E-state index in [1.54, 1.807) is 0 Å². The zero-order valence-electron chi connectivity index (χ0n) is 7.89. The molecular formula is C11H13FO. The third kappa shape index (κ3) is 1.35. The normalized spacial score (nSPS) is 18.8. The largest absolute Gasteiger partial charge is 0.385 e. The predicted molar refractivity (Wildman–Crippen MR) is 49.0 cm³/mol. The minimum atomic E-state index is -0.725. The molecule has 0 radical (unpaired) electrons. The van der Waals surface area contributed by atoms with Gasteiger partial charge in [-0.3, -0.25) is 0 Å². The van der Waals surface area contributed by atoms with Gasteiger partial charge < -0.3 is 5.11 Å². The molecule has 1 aromatic carbocycles. The summed E-state index contributed by atoms with van der Waals surface area (Å²) in [6, 6.07) is 2.96. The van der Waals surface area contributed by atoms with Gasteiger partial charge in [0, 0.05) is 0 Å². The summed E-state index contributed by atoms with van der Waals surface area (Å²) in [7, 11) is 0. The van der Waals surface area contributed by atoms with Crippen LogP contribution < -0.4 is 0 Å². The standard InChI is InChI=1S/C11H13FO/c1-7-5-9(12)6-10(8(7)2)11(13)3-4-11/h5-6,13H,3-4H2,1-2H3. The molecule has 13 heavy (non-hydrogen) atoms. The van der Waals surface area contributed by atoms with E-state index in [9.17, 15) is 9.50 Å². The van der Waals surface area contributed by atoms with E-state index in [1.807, 2.05) is 13.8 Å². The van der Waals surface area contributed by atoms with Gasteiger partial charge in [0.25, 0.3) is 0 Å². The van der Waals surface area contributed by atoms with E-state index in [-0.39, 0.29) is 5.82 Å². The van der Waals surface area contributed by atoms with Crippen molar-refractivity contribution in [1.29, 1.82) is 0 Å². The molecule has 0 spiro atoms. The van der Waals surface area contributed by atoms with E-state index in [2.05, 4.69) is 0 Å². The van der Waals surface area contributed by atoms with E-state index >= 15 is 0 Å². The summed E-state index contributed by atoms with van der Waals surface area (Å²) < 4.78 is 13.1. The van der Waals surface area contributed by atoms with Crippen molar-refractivity contribution in [3.8, 4) is 0 Å². The SMILES string of the molecule is Cc1cc(F)cc(C2(O)CC2)c1C. The van der Waals surface area contributed by atoms with E-state index in [4.69, 9.17) is 0 Å². The fraction of sp³-hybridized carbons (Fsp3) is 0.455. The number of halogens is 1. The maximum Gasteiger partial charge on any atom is 0.123 e. The molecule has 2 heteroatoms. The van der Waals surface area contributed by atoms with Crippen LogP contribution in [-0.2, 0) is 5.60 Å². The topological polar surface area (TPSA) is 20.2 Å². The Balaban J connectivity index is 2.56. The fourth-order valence-corrected chi connectivity index (χ4v) is 1.69. The summed E-state index contributed by atoms with van der Waals surface area (Å²) in [6.45, 7) is 3.80. The molecule has 1 saturated carbocycles. The Morgan fingerprint density at radius 3 is 2.46 bits per heavy atom. The Morgan fingerprint density at radius 2 is 1.92 bits per heavy atom. The maximum absolute atomic E-state index is 13.1. The van der Waals surface area contributed by atoms with Crippen molar-refractivity contribution < 1.29 is 9.50 Å². The van der Waals surface area contributed by atoms with Crippen LogP contribution in [0.15, 0.2) is 12.1 Å². The van der Waals surface area contributed by atoms with Gasteiger partial charge in [-0.2, -0.15) is 0 Å². The number of hydrogen-bond donors (Lipinski definition) is 1. The molecular weight excluding hydrogens is 167 g/mol. The second-order valence-electron chi connectivity index (χ2n) is 3.93. The van der Waals surface area contributed by atoms with Crippen molar-refractivity contribution >= 4 is 0 Å². The zero-order valence-corrected chi connectivity index (χ0v) is 7.89. The molecule has 70 valence electrons. The first kappa shape index (κ1) is 8.70. The lowest BCUT2D eigenvalue weighted by Crippen LogP contribution is -2.08. The molecule has 0 aliphatic heterocycles. The molecule has 0 unspecified atom stereocenters. The average molecular weight is 180 g/mol. The first-order valence-electron chi connectivity index (χ1n) is 4.52. The van der Waals surface area contributed by atoms with Crippen LogP contribution in [0.5, 0.6) is 0 Å². The molecule has 0 aromatic heterocycles. The van der Waals surface area contributed by atoms with Crippen LogP contribution in [0.2, 0.25) is 0 Å². The third-order valence-electron chi connectivity index (χ3n) is 2.86. The lowest BCUT2D eigenvalue weighted by molar-refractivity contribution is 0.150. The molecule has 1 fully saturated rings. The Labute approximate surface area is 77.2 Å². The van der Waals surface area contributed by atoms with E-state index in [1.165, 1.54) is 12.1 Å². The number of aryl methyl sites for hydroxylation is 1. The summed E-state index contributed by atoms with van der Waals surface area (Å²) in [6.07, 6.45) is 1.52. The number of aliphatic hydroxyl groups is 1. The molecule has 0 amide bonds. The Hall–Kier alpha value is -0.890. The van der Waals surface area contributed by atoms with Gasteiger partial charge in [0.15, 0.2) is 0 Å². The van der Waals surface area contributed by atoms with Crippen LogP contribution in [0.25, 0.3) is 0 Å². The second kappa shape index (κ2) is 2.55. The lowest BCUT2D eigenvalue weighted by Gasteiger charge is -2.13. The first-order chi connectivity index (χ1) is 6.03. The minimum Gasteiger partial charge on any atom is -0.385 e. The minimum absolute atomic E-state index is 0.251. The van der Waals surface area contributed by atoms with Crippen LogP contribution in [0, 0.1) is 19.7 Å². The van der Waals surface area contributed by atoms with E-state index in [0.717, 1.165) is 29.5 Å². The van der Waals surface area contributed by atoms with Crippen LogP contribution in [-0.4, -0.2) is 5.11 Å². The average Bonchev–Trinajstić information content (AvgIpc) is 2.77. The molecule has 0 heterocycles. The first-order valence-corrected chi connectivity index (χ1v) is 4.52. The van der Waals surface area contributed by atoms with Gasteiger partial charge >= 0.3 is 0 Å². The predicted octanol–water partition coefficient (Wildman–Crippen LogP) is 2.42. The quantitative estimate of drug-likeness (QED) is 0.703. The van der Waals surface area contributed by atoms with Crippen molar-refractivity contribution in [3.63, 3.8) is 0 Å². The number of benzene rings is 1. The monoisotopic (exact) mass is 180 g/mol. The Kier molecular flexibility index (Phi) is 1.70. The molecule has 1 aliphatic rings. The molecule has 1 aliphatic carbocycles. The number of rotatable bonds is 1. The number of hydrogen-bond acceptors (Lipinski definition) is 1. The van der Waals surface area contributed by atoms with Gasteiger partial charge in [-0.1, -0.05) is 0 Å². The Bertz CT molecular complexity index is 353. The van der Waals surface area contributed by atoms with Crippen molar-refractivity contribution in [2.24, 2.45) is 0 Å². The van der Waals surface area contributed by atoms with Gasteiger partial charge in [0.1, 0.15) is 5.82 Å². The summed E-state index contributed by atoms with van der Waals surface area (Å²) >= 11 is 0. The highest BCUT2D eigenvalue weighted by Crippen LogP contribution is 2.47. The van der Waals surface area contributed by atoms with Gasteiger partial charge in [0.2, 0.25) is 0 Å². The van der Waals surface area contributed by atoms with Crippen molar-refractivity contribution in [2.75, 3.05) is 0 Å². The third-order valence-corrected chi connectivity index (χ3v) is 2.86. The summed E-state index contributed by atoms with van der Waals surface area (Å²) in [5, 5.41) is 9.86. The highest BCUT2D eigenvalue weighted by atomic mass is 19.1. The summed E-state index contributed by atoms with van der Waals surface area (Å²) in [5.41, 5.74) is 1.97. The smallest absolute Gasteiger partial charge is 0.123 e. The van der Waals surface area contributed by atoms with Crippen molar-refractivity contribution in [3.05, 3.63) is 34.6 Å². The molecule has 2 rings (SSSR count).